The van der Waals surface area contributed by atoms with Crippen LogP contribution in [0.4, 0.5) is 0 Å². The largest absolute Gasteiger partial charge is 0.350 e. The second kappa shape index (κ2) is 6.07. The maximum absolute atomic E-state index is 12.3. The number of nitrogens with one attached hydrogen (secondary N) is 2. The molecule has 122 valence electrons. The Morgan fingerprint density at radius 2 is 1.74 bits per heavy atom. The van der Waals surface area contributed by atoms with E-state index in [0.29, 0.717) is 18.8 Å². The number of carbonyl (C=O) groups is 2. The summed E-state index contributed by atoms with van der Waals surface area (Å²) in [6.45, 7) is 4.09. The van der Waals surface area contributed by atoms with Crippen LogP contribution < -0.4 is 10.6 Å². The quantitative estimate of drug-likeness (QED) is 0.903. The normalized spacial score (nSPS) is 21.6. The fraction of sp³-hybridized carbons (Fsp3) is 0.444. The molecule has 0 unspecified atom stereocenters. The van der Waals surface area contributed by atoms with E-state index in [1.165, 1.54) is 0 Å². The second-order valence-corrected chi connectivity index (χ2v) is 6.74. The molecule has 0 saturated carbocycles. The molecule has 0 aliphatic carbocycles. The number of hydrogen-bond donors (Lipinski definition) is 2. The Morgan fingerprint density at radius 1 is 1.09 bits per heavy atom. The zero-order valence-corrected chi connectivity index (χ0v) is 13.8. The van der Waals surface area contributed by atoms with E-state index in [1.54, 1.807) is 0 Å². The summed E-state index contributed by atoms with van der Waals surface area (Å²) in [5.74, 6) is 0.187. The summed E-state index contributed by atoms with van der Waals surface area (Å²) >= 11 is 0. The lowest BCUT2D eigenvalue weighted by Crippen LogP contribution is -2.62. The molecule has 0 bridgehead atoms. The number of aromatic nitrogens is 1. The van der Waals surface area contributed by atoms with Crippen molar-refractivity contribution in [1.82, 2.24) is 15.2 Å². The first-order valence-corrected chi connectivity index (χ1v) is 8.09. The molecular formula is C18H23N3O2. The number of rotatable bonds is 4. The molecule has 1 aromatic carbocycles. The third-order valence-corrected chi connectivity index (χ3v) is 4.38. The van der Waals surface area contributed by atoms with Gasteiger partial charge in [0.25, 0.3) is 0 Å². The molecule has 1 aliphatic heterocycles. The van der Waals surface area contributed by atoms with Gasteiger partial charge in [-0.15, -0.1) is 0 Å². The van der Waals surface area contributed by atoms with Crippen LogP contribution in [-0.4, -0.2) is 28.5 Å². The first-order valence-electron chi connectivity index (χ1n) is 8.09. The predicted octanol–water partition coefficient (Wildman–Crippen LogP) is 1.75. The first-order chi connectivity index (χ1) is 11.0. The van der Waals surface area contributed by atoms with Crippen molar-refractivity contribution in [1.29, 1.82) is 0 Å². The van der Waals surface area contributed by atoms with Gasteiger partial charge in [0, 0.05) is 30.6 Å². The molecule has 1 saturated heterocycles. The van der Waals surface area contributed by atoms with Crippen LogP contribution in [0.15, 0.2) is 30.5 Å². The van der Waals surface area contributed by atoms with Gasteiger partial charge in [-0.25, -0.2) is 0 Å². The van der Waals surface area contributed by atoms with Crippen molar-refractivity contribution in [3.8, 4) is 0 Å². The third kappa shape index (κ3) is 3.09. The van der Waals surface area contributed by atoms with E-state index in [9.17, 15) is 9.59 Å². The molecule has 0 spiro atoms. The van der Waals surface area contributed by atoms with Gasteiger partial charge in [-0.05, 0) is 24.0 Å². The van der Waals surface area contributed by atoms with Gasteiger partial charge in [0.15, 0.2) is 0 Å². The minimum atomic E-state index is -0.503. The second-order valence-electron chi connectivity index (χ2n) is 6.74. The number of fused-ring (bicyclic) bond motifs is 1. The number of nitrogens with zero attached hydrogens (tertiary/aromatic N) is 1. The van der Waals surface area contributed by atoms with Crippen LogP contribution in [0.25, 0.3) is 10.9 Å². The zero-order chi connectivity index (χ0) is 16.6. The number of piperazine rings is 1. The van der Waals surface area contributed by atoms with E-state index in [2.05, 4.69) is 27.3 Å². The highest BCUT2D eigenvalue weighted by atomic mass is 16.2. The van der Waals surface area contributed by atoms with Gasteiger partial charge >= 0.3 is 0 Å². The molecule has 5 nitrogen and oxygen atoms in total. The SMILES string of the molecule is CC(C)C[C@H]1NC(=O)[C@@H](Cc2cn(C)c3ccccc23)NC1=O. The lowest BCUT2D eigenvalue weighted by atomic mass is 9.97. The summed E-state index contributed by atoms with van der Waals surface area (Å²) < 4.78 is 2.05. The van der Waals surface area contributed by atoms with E-state index in [1.807, 2.05) is 39.2 Å². The van der Waals surface area contributed by atoms with Crippen molar-refractivity contribution in [2.75, 3.05) is 0 Å². The summed E-state index contributed by atoms with van der Waals surface area (Å²) in [7, 11) is 1.99. The fourth-order valence-electron chi connectivity index (χ4n) is 3.26. The van der Waals surface area contributed by atoms with Gasteiger partial charge in [0.1, 0.15) is 12.1 Å². The number of amides is 2. The van der Waals surface area contributed by atoms with Crippen LogP contribution in [0.1, 0.15) is 25.8 Å². The summed E-state index contributed by atoms with van der Waals surface area (Å²) in [5.41, 5.74) is 2.20. The monoisotopic (exact) mass is 313 g/mol. The standard InChI is InChI=1S/C18H23N3O2/c1-11(2)8-14-17(22)20-15(18(23)19-14)9-12-10-21(3)16-7-5-4-6-13(12)16/h4-7,10-11,14-15H,8-9H2,1-3H3,(H,19,23)(H,20,22)/t14-,15-/m1/s1. The maximum atomic E-state index is 12.3. The average molecular weight is 313 g/mol. The van der Waals surface area contributed by atoms with E-state index in [4.69, 9.17) is 0 Å². The molecule has 2 aromatic rings. The van der Waals surface area contributed by atoms with Gasteiger partial charge in [0.2, 0.25) is 11.8 Å². The van der Waals surface area contributed by atoms with Crippen molar-refractivity contribution in [3.05, 3.63) is 36.0 Å². The van der Waals surface area contributed by atoms with Crippen LogP contribution in [0.3, 0.4) is 0 Å². The minimum Gasteiger partial charge on any atom is -0.350 e. The van der Waals surface area contributed by atoms with Crippen LogP contribution in [0.5, 0.6) is 0 Å². The highest BCUT2D eigenvalue weighted by Gasteiger charge is 2.34. The Hall–Kier alpha value is -2.30. The predicted molar refractivity (Wildman–Crippen MR) is 89.9 cm³/mol. The molecule has 2 amide bonds. The molecule has 0 radical (unpaired) electrons. The highest BCUT2D eigenvalue weighted by molar-refractivity contribution is 5.97. The number of para-hydroxylation sites is 1. The van der Waals surface area contributed by atoms with Gasteiger partial charge in [0.05, 0.1) is 0 Å². The molecule has 5 heteroatoms. The summed E-state index contributed by atoms with van der Waals surface area (Å²) in [6, 6.07) is 7.18. The molecule has 2 N–H and O–H groups in total. The topological polar surface area (TPSA) is 63.1 Å². The number of benzene rings is 1. The maximum Gasteiger partial charge on any atom is 0.243 e. The smallest absolute Gasteiger partial charge is 0.243 e. The van der Waals surface area contributed by atoms with E-state index >= 15 is 0 Å². The molecule has 3 rings (SSSR count). The van der Waals surface area contributed by atoms with Crippen LogP contribution in [-0.2, 0) is 23.1 Å². The first kappa shape index (κ1) is 15.6. The lowest BCUT2D eigenvalue weighted by molar-refractivity contribution is -0.137. The molecule has 23 heavy (non-hydrogen) atoms. The average Bonchev–Trinajstić information content (AvgIpc) is 2.81. The summed E-state index contributed by atoms with van der Waals surface area (Å²) in [4.78, 5) is 24.6. The Morgan fingerprint density at radius 3 is 2.48 bits per heavy atom. The van der Waals surface area contributed by atoms with Crippen molar-refractivity contribution in [2.45, 2.75) is 38.8 Å². The molecule has 2 heterocycles. The van der Waals surface area contributed by atoms with Crippen molar-refractivity contribution < 1.29 is 9.59 Å². The van der Waals surface area contributed by atoms with Crippen LogP contribution in [0.2, 0.25) is 0 Å². The van der Waals surface area contributed by atoms with Gasteiger partial charge in [-0.1, -0.05) is 32.0 Å². The summed E-state index contributed by atoms with van der Waals surface area (Å²) in [6.07, 6.45) is 3.20. The van der Waals surface area contributed by atoms with Crippen LogP contribution >= 0.6 is 0 Å². The van der Waals surface area contributed by atoms with Gasteiger partial charge in [-0.3, -0.25) is 9.59 Å². The lowest BCUT2D eigenvalue weighted by Gasteiger charge is -2.30. The Balaban J connectivity index is 1.78. The van der Waals surface area contributed by atoms with E-state index in [0.717, 1.165) is 16.5 Å². The van der Waals surface area contributed by atoms with Crippen molar-refractivity contribution >= 4 is 22.7 Å². The van der Waals surface area contributed by atoms with Crippen molar-refractivity contribution in [2.24, 2.45) is 13.0 Å². The number of carbonyl (C=O) groups excluding carboxylic acids is 2. The molecule has 1 fully saturated rings. The highest BCUT2D eigenvalue weighted by Crippen LogP contribution is 2.22. The Bertz CT molecular complexity index is 748. The minimum absolute atomic E-state index is 0.0801. The molecule has 2 atom stereocenters. The number of aryl methyl sites for hydroxylation is 1. The molecule has 1 aromatic heterocycles. The van der Waals surface area contributed by atoms with Gasteiger partial charge < -0.3 is 15.2 Å². The van der Waals surface area contributed by atoms with E-state index < -0.39 is 12.1 Å². The van der Waals surface area contributed by atoms with Crippen LogP contribution in [0, 0.1) is 5.92 Å². The third-order valence-electron chi connectivity index (χ3n) is 4.38. The Labute approximate surface area is 136 Å². The van der Waals surface area contributed by atoms with E-state index in [-0.39, 0.29) is 11.8 Å². The molecular weight excluding hydrogens is 290 g/mol. The Kier molecular flexibility index (Phi) is 4.11. The number of hydrogen-bond acceptors (Lipinski definition) is 2. The van der Waals surface area contributed by atoms with Gasteiger partial charge in [-0.2, -0.15) is 0 Å². The zero-order valence-electron chi connectivity index (χ0n) is 13.8. The summed E-state index contributed by atoms with van der Waals surface area (Å²) in [5, 5.41) is 6.87. The fourth-order valence-corrected chi connectivity index (χ4v) is 3.26. The molecule has 1 aliphatic rings. The van der Waals surface area contributed by atoms with Crippen molar-refractivity contribution in [3.63, 3.8) is 0 Å².